The van der Waals surface area contributed by atoms with Crippen LogP contribution in [-0.2, 0) is 0 Å². The summed E-state index contributed by atoms with van der Waals surface area (Å²) in [6.45, 7) is 1.97. The number of nitrogens with zero attached hydrogens (tertiary/aromatic N) is 1. The predicted molar refractivity (Wildman–Crippen MR) is 71.0 cm³/mol. The fourth-order valence-electron chi connectivity index (χ4n) is 1.84. The Hall–Kier alpha value is -1.45. The Labute approximate surface area is 111 Å². The second-order valence-electron chi connectivity index (χ2n) is 4.24. The molecule has 2 nitrogen and oxygen atoms in total. The highest BCUT2D eigenvalue weighted by molar-refractivity contribution is 6.30. The Morgan fingerprint density at radius 2 is 2.06 bits per heavy atom. The molecule has 18 heavy (non-hydrogen) atoms. The zero-order chi connectivity index (χ0) is 13.1. The summed E-state index contributed by atoms with van der Waals surface area (Å²) in [7, 11) is 0. The first-order valence-electron chi connectivity index (χ1n) is 5.71. The molecule has 1 aromatic carbocycles. The molecule has 0 amide bonds. The summed E-state index contributed by atoms with van der Waals surface area (Å²) in [5.41, 5.74) is 7.75. The highest BCUT2D eigenvalue weighted by Crippen LogP contribution is 2.28. The highest BCUT2D eigenvalue weighted by atomic mass is 35.5. The van der Waals surface area contributed by atoms with Gasteiger partial charge in [0.1, 0.15) is 5.82 Å². The molecule has 0 aliphatic carbocycles. The summed E-state index contributed by atoms with van der Waals surface area (Å²) in [6, 6.07) is 10.0. The minimum Gasteiger partial charge on any atom is -0.323 e. The van der Waals surface area contributed by atoms with Crippen molar-refractivity contribution >= 4 is 11.6 Å². The number of pyridine rings is 1. The van der Waals surface area contributed by atoms with E-state index in [2.05, 4.69) is 4.98 Å². The normalized spacial score (nSPS) is 14.2. The van der Waals surface area contributed by atoms with Crippen LogP contribution in [-0.4, -0.2) is 4.98 Å². The fraction of sp³-hybridized carbons (Fsp3) is 0.214. The molecule has 2 unspecified atom stereocenters. The average molecular weight is 265 g/mol. The minimum atomic E-state index is -0.446. The van der Waals surface area contributed by atoms with E-state index in [-0.39, 0.29) is 17.0 Å². The molecule has 94 valence electrons. The van der Waals surface area contributed by atoms with E-state index < -0.39 is 5.82 Å². The number of rotatable bonds is 3. The SMILES string of the molecule is CC(c1ccccn1)C(N)c1ccc(Cl)c(F)c1. The Morgan fingerprint density at radius 3 is 2.67 bits per heavy atom. The predicted octanol–water partition coefficient (Wildman–Crippen LogP) is 3.68. The lowest BCUT2D eigenvalue weighted by molar-refractivity contribution is 0.572. The number of benzene rings is 1. The molecule has 4 heteroatoms. The van der Waals surface area contributed by atoms with Crippen molar-refractivity contribution in [3.05, 3.63) is 64.7 Å². The van der Waals surface area contributed by atoms with E-state index in [0.717, 1.165) is 11.3 Å². The lowest BCUT2D eigenvalue weighted by atomic mass is 9.92. The molecular weight excluding hydrogens is 251 g/mol. The molecule has 2 N–H and O–H groups in total. The molecule has 0 fully saturated rings. The van der Waals surface area contributed by atoms with Gasteiger partial charge in [-0.05, 0) is 29.8 Å². The van der Waals surface area contributed by atoms with E-state index in [0.29, 0.717) is 0 Å². The molecule has 0 saturated heterocycles. The molecule has 0 aliphatic heterocycles. The molecule has 2 atom stereocenters. The Balaban J connectivity index is 2.25. The van der Waals surface area contributed by atoms with E-state index in [1.807, 2.05) is 25.1 Å². The van der Waals surface area contributed by atoms with Crippen molar-refractivity contribution < 1.29 is 4.39 Å². The third kappa shape index (κ3) is 2.68. The average Bonchev–Trinajstić information content (AvgIpc) is 2.41. The second-order valence-corrected chi connectivity index (χ2v) is 4.65. The van der Waals surface area contributed by atoms with Gasteiger partial charge in [-0.3, -0.25) is 4.98 Å². The smallest absolute Gasteiger partial charge is 0.142 e. The summed E-state index contributed by atoms with van der Waals surface area (Å²) in [5.74, 6) is -0.440. The molecule has 0 bridgehead atoms. The zero-order valence-corrected chi connectivity index (χ0v) is 10.7. The van der Waals surface area contributed by atoms with Crippen molar-refractivity contribution in [2.24, 2.45) is 5.73 Å². The molecule has 1 aromatic heterocycles. The summed E-state index contributed by atoms with van der Waals surface area (Å²) in [6.07, 6.45) is 1.72. The first kappa shape index (κ1) is 13.0. The molecule has 2 aromatic rings. The molecule has 1 heterocycles. The van der Waals surface area contributed by atoms with Crippen molar-refractivity contribution in [2.45, 2.75) is 18.9 Å². The van der Waals surface area contributed by atoms with Gasteiger partial charge in [0.15, 0.2) is 0 Å². The zero-order valence-electron chi connectivity index (χ0n) is 9.98. The van der Waals surface area contributed by atoms with Crippen molar-refractivity contribution in [2.75, 3.05) is 0 Å². The van der Waals surface area contributed by atoms with Crippen LogP contribution in [0.5, 0.6) is 0 Å². The maximum atomic E-state index is 13.4. The van der Waals surface area contributed by atoms with Crippen molar-refractivity contribution in [3.63, 3.8) is 0 Å². The van der Waals surface area contributed by atoms with Crippen molar-refractivity contribution in [3.8, 4) is 0 Å². The Kier molecular flexibility index (Phi) is 3.94. The largest absolute Gasteiger partial charge is 0.323 e. The molecule has 0 spiro atoms. The summed E-state index contributed by atoms with van der Waals surface area (Å²) in [5, 5.41) is 0.108. The van der Waals surface area contributed by atoms with Crippen molar-refractivity contribution in [1.82, 2.24) is 4.98 Å². The standard InChI is InChI=1S/C14H14ClFN2/c1-9(13-4-2-3-7-18-13)14(17)10-5-6-11(15)12(16)8-10/h2-9,14H,17H2,1H3. The summed E-state index contributed by atoms with van der Waals surface area (Å²) >= 11 is 5.65. The van der Waals surface area contributed by atoms with Gasteiger partial charge in [0, 0.05) is 23.9 Å². The molecule has 0 saturated carbocycles. The molecule has 0 radical (unpaired) electrons. The summed E-state index contributed by atoms with van der Waals surface area (Å²) in [4.78, 5) is 4.27. The summed E-state index contributed by atoms with van der Waals surface area (Å²) < 4.78 is 13.4. The monoisotopic (exact) mass is 264 g/mol. The maximum Gasteiger partial charge on any atom is 0.142 e. The third-order valence-electron chi connectivity index (χ3n) is 3.02. The van der Waals surface area contributed by atoms with Gasteiger partial charge in [-0.1, -0.05) is 30.7 Å². The van der Waals surface area contributed by atoms with E-state index in [4.69, 9.17) is 17.3 Å². The number of hydrogen-bond donors (Lipinski definition) is 1. The topological polar surface area (TPSA) is 38.9 Å². The van der Waals surface area contributed by atoms with E-state index in [1.54, 1.807) is 12.3 Å². The van der Waals surface area contributed by atoms with Crippen LogP contribution in [0.2, 0.25) is 5.02 Å². The minimum absolute atomic E-state index is 0.00627. The van der Waals surface area contributed by atoms with Gasteiger partial charge in [-0.2, -0.15) is 0 Å². The first-order valence-corrected chi connectivity index (χ1v) is 6.09. The Morgan fingerprint density at radius 1 is 1.28 bits per heavy atom. The van der Waals surface area contributed by atoms with Gasteiger partial charge in [0.2, 0.25) is 0 Å². The number of halogens is 2. The van der Waals surface area contributed by atoms with Crippen LogP contribution in [0.1, 0.15) is 30.1 Å². The van der Waals surface area contributed by atoms with Crippen LogP contribution in [0, 0.1) is 5.82 Å². The first-order chi connectivity index (χ1) is 8.59. The van der Waals surface area contributed by atoms with Crippen LogP contribution in [0.25, 0.3) is 0 Å². The van der Waals surface area contributed by atoms with Gasteiger partial charge in [0.05, 0.1) is 5.02 Å². The van der Waals surface area contributed by atoms with Crippen LogP contribution >= 0.6 is 11.6 Å². The quantitative estimate of drug-likeness (QED) is 0.919. The lowest BCUT2D eigenvalue weighted by Crippen LogP contribution is -2.18. The van der Waals surface area contributed by atoms with Crippen LogP contribution in [0.3, 0.4) is 0 Å². The maximum absolute atomic E-state index is 13.4. The van der Waals surface area contributed by atoms with E-state index in [9.17, 15) is 4.39 Å². The van der Waals surface area contributed by atoms with Gasteiger partial charge in [-0.15, -0.1) is 0 Å². The molecule has 0 aliphatic rings. The van der Waals surface area contributed by atoms with Crippen LogP contribution in [0.15, 0.2) is 42.6 Å². The van der Waals surface area contributed by atoms with Crippen molar-refractivity contribution in [1.29, 1.82) is 0 Å². The highest BCUT2D eigenvalue weighted by Gasteiger charge is 2.18. The van der Waals surface area contributed by atoms with Gasteiger partial charge < -0.3 is 5.73 Å². The second kappa shape index (κ2) is 5.46. The molecular formula is C14H14ClFN2. The van der Waals surface area contributed by atoms with E-state index >= 15 is 0 Å². The van der Waals surface area contributed by atoms with Gasteiger partial charge >= 0.3 is 0 Å². The number of aromatic nitrogens is 1. The number of hydrogen-bond acceptors (Lipinski definition) is 2. The lowest BCUT2D eigenvalue weighted by Gasteiger charge is -2.20. The fourth-order valence-corrected chi connectivity index (χ4v) is 1.96. The van der Waals surface area contributed by atoms with Crippen LogP contribution < -0.4 is 5.73 Å². The van der Waals surface area contributed by atoms with E-state index in [1.165, 1.54) is 12.1 Å². The van der Waals surface area contributed by atoms with Crippen LogP contribution in [0.4, 0.5) is 4.39 Å². The number of nitrogens with two attached hydrogens (primary N) is 1. The molecule has 2 rings (SSSR count). The van der Waals surface area contributed by atoms with Gasteiger partial charge in [0.25, 0.3) is 0 Å². The van der Waals surface area contributed by atoms with Gasteiger partial charge in [-0.25, -0.2) is 4.39 Å². The third-order valence-corrected chi connectivity index (χ3v) is 3.33. The Bertz CT molecular complexity index is 531.